The highest BCUT2D eigenvalue weighted by Crippen LogP contribution is 2.27. The lowest BCUT2D eigenvalue weighted by molar-refractivity contribution is 0.1000. The first-order valence-corrected chi connectivity index (χ1v) is 6.92. The van der Waals surface area contributed by atoms with Gasteiger partial charge in [0, 0.05) is 17.8 Å². The molecule has 3 nitrogen and oxygen atoms in total. The zero-order valence-corrected chi connectivity index (χ0v) is 12.7. The van der Waals surface area contributed by atoms with Crippen LogP contribution in [0, 0.1) is 12.7 Å². The molecule has 110 valence electrons. The van der Waals surface area contributed by atoms with E-state index in [2.05, 4.69) is 5.32 Å². The molecule has 0 fully saturated rings. The zero-order chi connectivity index (χ0) is 15.6. The van der Waals surface area contributed by atoms with Crippen LogP contribution in [0.5, 0.6) is 0 Å². The van der Waals surface area contributed by atoms with Gasteiger partial charge in [-0.15, -0.1) is 0 Å². The van der Waals surface area contributed by atoms with E-state index in [4.69, 9.17) is 28.9 Å². The van der Waals surface area contributed by atoms with Crippen LogP contribution in [0.4, 0.5) is 10.1 Å². The number of benzene rings is 2. The van der Waals surface area contributed by atoms with E-state index in [1.165, 1.54) is 12.1 Å². The van der Waals surface area contributed by atoms with Crippen LogP contribution in [0.3, 0.4) is 0 Å². The number of anilines is 1. The summed E-state index contributed by atoms with van der Waals surface area (Å²) in [7, 11) is 0. The van der Waals surface area contributed by atoms with Gasteiger partial charge in [0.15, 0.2) is 5.82 Å². The summed E-state index contributed by atoms with van der Waals surface area (Å²) in [6.45, 7) is 2.37. The van der Waals surface area contributed by atoms with Gasteiger partial charge in [-0.2, -0.15) is 0 Å². The molecule has 0 aliphatic heterocycles. The molecule has 0 saturated carbocycles. The van der Waals surface area contributed by atoms with E-state index in [0.29, 0.717) is 17.8 Å². The molecule has 3 N–H and O–H groups in total. The topological polar surface area (TPSA) is 55.1 Å². The molecule has 0 unspecified atom stereocenters. The van der Waals surface area contributed by atoms with Gasteiger partial charge < -0.3 is 11.1 Å². The Hall–Kier alpha value is -1.78. The maximum absolute atomic E-state index is 13.3. The van der Waals surface area contributed by atoms with Gasteiger partial charge in [0.25, 0.3) is 0 Å². The number of nitrogens with two attached hydrogens (primary N) is 1. The van der Waals surface area contributed by atoms with Crippen LogP contribution < -0.4 is 11.1 Å². The van der Waals surface area contributed by atoms with Gasteiger partial charge in [-0.25, -0.2) is 4.39 Å². The van der Waals surface area contributed by atoms with Crippen LogP contribution in [-0.2, 0) is 6.54 Å². The van der Waals surface area contributed by atoms with E-state index < -0.39 is 11.7 Å². The Morgan fingerprint density at radius 1 is 1.24 bits per heavy atom. The summed E-state index contributed by atoms with van der Waals surface area (Å²) in [5, 5.41) is 3.04. The zero-order valence-electron chi connectivity index (χ0n) is 11.2. The Kier molecular flexibility index (Phi) is 4.70. The first kappa shape index (κ1) is 15.6. The molecule has 21 heavy (non-hydrogen) atoms. The number of amides is 1. The van der Waals surface area contributed by atoms with Gasteiger partial charge in [-0.3, -0.25) is 4.79 Å². The van der Waals surface area contributed by atoms with Gasteiger partial charge >= 0.3 is 0 Å². The molecule has 0 aliphatic carbocycles. The van der Waals surface area contributed by atoms with Crippen molar-refractivity contribution < 1.29 is 9.18 Å². The maximum Gasteiger partial charge on any atom is 0.248 e. The van der Waals surface area contributed by atoms with Crippen molar-refractivity contribution in [2.75, 3.05) is 5.32 Å². The molecule has 2 aromatic rings. The molecule has 0 aliphatic rings. The quantitative estimate of drug-likeness (QED) is 0.829. The average Bonchev–Trinajstić information content (AvgIpc) is 2.43. The molecule has 2 rings (SSSR count). The van der Waals surface area contributed by atoms with Gasteiger partial charge in [0.1, 0.15) is 0 Å². The van der Waals surface area contributed by atoms with E-state index in [1.54, 1.807) is 12.1 Å². The monoisotopic (exact) mass is 326 g/mol. The normalized spacial score (nSPS) is 10.5. The number of rotatable bonds is 4. The second-order valence-electron chi connectivity index (χ2n) is 4.61. The van der Waals surface area contributed by atoms with Crippen LogP contribution in [-0.4, -0.2) is 5.91 Å². The molecule has 0 aromatic heterocycles. The minimum Gasteiger partial charge on any atom is -0.381 e. The van der Waals surface area contributed by atoms with E-state index in [1.807, 2.05) is 13.0 Å². The van der Waals surface area contributed by atoms with E-state index in [0.717, 1.165) is 11.1 Å². The lowest BCUT2D eigenvalue weighted by Gasteiger charge is -2.11. The highest BCUT2D eigenvalue weighted by Gasteiger charge is 2.08. The largest absolute Gasteiger partial charge is 0.381 e. The number of aryl methyl sites for hydroxylation is 1. The highest BCUT2D eigenvalue weighted by molar-refractivity contribution is 6.35. The Balaban J connectivity index is 2.15. The number of primary amides is 1. The summed E-state index contributed by atoms with van der Waals surface area (Å²) in [6.07, 6.45) is 0. The van der Waals surface area contributed by atoms with Crippen LogP contribution in [0.15, 0.2) is 30.3 Å². The lowest BCUT2D eigenvalue weighted by Crippen LogP contribution is -2.11. The first-order valence-electron chi connectivity index (χ1n) is 6.16. The van der Waals surface area contributed by atoms with Crippen LogP contribution in [0.1, 0.15) is 21.5 Å². The molecule has 0 bridgehead atoms. The number of halogens is 3. The minimum absolute atomic E-state index is 0.0363. The standard InChI is InChI=1S/C15H13Cl2FN2O/c1-8-4-9(15(19)21)2-3-10(8)7-20-11-5-12(16)14(18)13(17)6-11/h2-6,20H,7H2,1H3,(H2,19,21). The van der Waals surface area contributed by atoms with Crippen molar-refractivity contribution in [2.24, 2.45) is 5.73 Å². The van der Waals surface area contributed by atoms with Gasteiger partial charge in [0.05, 0.1) is 10.0 Å². The van der Waals surface area contributed by atoms with E-state index in [9.17, 15) is 9.18 Å². The van der Waals surface area contributed by atoms with Crippen LogP contribution in [0.2, 0.25) is 10.0 Å². The Labute approximate surface area is 131 Å². The third-order valence-corrected chi connectivity index (χ3v) is 3.64. The van der Waals surface area contributed by atoms with Crippen molar-refractivity contribution >= 4 is 34.8 Å². The van der Waals surface area contributed by atoms with E-state index in [-0.39, 0.29) is 10.0 Å². The van der Waals surface area contributed by atoms with Crippen LogP contribution >= 0.6 is 23.2 Å². The highest BCUT2D eigenvalue weighted by atomic mass is 35.5. The molecule has 2 aromatic carbocycles. The van der Waals surface area contributed by atoms with Crippen molar-refractivity contribution in [3.05, 3.63) is 62.9 Å². The van der Waals surface area contributed by atoms with Crippen molar-refractivity contribution in [3.63, 3.8) is 0 Å². The van der Waals surface area contributed by atoms with Crippen molar-refractivity contribution in [1.29, 1.82) is 0 Å². The van der Waals surface area contributed by atoms with Crippen LogP contribution in [0.25, 0.3) is 0 Å². The van der Waals surface area contributed by atoms with E-state index >= 15 is 0 Å². The van der Waals surface area contributed by atoms with Gasteiger partial charge in [-0.05, 0) is 42.3 Å². The van der Waals surface area contributed by atoms with Crippen molar-refractivity contribution in [3.8, 4) is 0 Å². The summed E-state index contributed by atoms with van der Waals surface area (Å²) < 4.78 is 13.3. The predicted molar refractivity (Wildman–Crippen MR) is 83.4 cm³/mol. The smallest absolute Gasteiger partial charge is 0.248 e. The Bertz CT molecular complexity index is 681. The van der Waals surface area contributed by atoms with Gasteiger partial charge in [0.2, 0.25) is 5.91 Å². The summed E-state index contributed by atoms with van der Waals surface area (Å²) in [5.74, 6) is -1.10. The molecule has 0 saturated heterocycles. The second kappa shape index (κ2) is 6.33. The predicted octanol–water partition coefficient (Wildman–Crippen LogP) is 4.15. The van der Waals surface area contributed by atoms with Crippen molar-refractivity contribution in [2.45, 2.75) is 13.5 Å². The number of carbonyl (C=O) groups excluding carboxylic acids is 1. The third-order valence-electron chi connectivity index (χ3n) is 3.09. The fourth-order valence-corrected chi connectivity index (χ4v) is 2.39. The first-order chi connectivity index (χ1) is 9.88. The molecule has 0 radical (unpaired) electrons. The maximum atomic E-state index is 13.3. The van der Waals surface area contributed by atoms with Crippen molar-refractivity contribution in [1.82, 2.24) is 0 Å². The molecular formula is C15H13Cl2FN2O. The Morgan fingerprint density at radius 2 is 1.86 bits per heavy atom. The summed E-state index contributed by atoms with van der Waals surface area (Å²) in [5.41, 5.74) is 8.22. The third kappa shape index (κ3) is 3.65. The summed E-state index contributed by atoms with van der Waals surface area (Å²) in [6, 6.07) is 8.14. The summed E-state index contributed by atoms with van der Waals surface area (Å²) >= 11 is 11.5. The number of carbonyl (C=O) groups is 1. The second-order valence-corrected chi connectivity index (χ2v) is 5.43. The minimum atomic E-state index is -0.633. The molecule has 1 amide bonds. The fraction of sp³-hybridized carbons (Fsp3) is 0.133. The molecule has 6 heteroatoms. The SMILES string of the molecule is Cc1cc(C(N)=O)ccc1CNc1cc(Cl)c(F)c(Cl)c1. The molecule has 0 atom stereocenters. The fourth-order valence-electron chi connectivity index (χ4n) is 1.90. The van der Waals surface area contributed by atoms with Gasteiger partial charge in [-0.1, -0.05) is 29.3 Å². The number of nitrogens with one attached hydrogen (secondary N) is 1. The Morgan fingerprint density at radius 3 is 2.38 bits per heavy atom. The average molecular weight is 327 g/mol. The lowest BCUT2D eigenvalue weighted by atomic mass is 10.0. The molecule has 0 spiro atoms. The number of hydrogen-bond acceptors (Lipinski definition) is 2. The summed E-state index contributed by atoms with van der Waals surface area (Å²) in [4.78, 5) is 11.1. The molecular weight excluding hydrogens is 314 g/mol. The molecule has 0 heterocycles. The number of hydrogen-bond donors (Lipinski definition) is 2.